The molecule has 0 fully saturated rings. The monoisotopic (exact) mass is 492 g/mol. The predicted molar refractivity (Wildman–Crippen MR) is 134 cm³/mol. The third kappa shape index (κ3) is 5.81. The summed E-state index contributed by atoms with van der Waals surface area (Å²) in [5.74, 6) is -1.66. The van der Waals surface area contributed by atoms with E-state index < -0.39 is 24.4 Å². The van der Waals surface area contributed by atoms with Crippen LogP contribution in [0.1, 0.15) is 20.8 Å². The number of para-hydroxylation sites is 1. The highest BCUT2D eigenvalue weighted by Crippen LogP contribution is 2.34. The second kappa shape index (κ2) is 11.0. The Morgan fingerprint density at radius 1 is 0.882 bits per heavy atom. The lowest BCUT2D eigenvalue weighted by Crippen LogP contribution is -2.32. The average Bonchev–Trinajstić information content (AvgIpc) is 3.20. The van der Waals surface area contributed by atoms with Crippen LogP contribution in [0.15, 0.2) is 78.9 Å². The summed E-state index contributed by atoms with van der Waals surface area (Å²) < 4.78 is 5.89. The van der Waals surface area contributed by atoms with Gasteiger partial charge >= 0.3 is 5.97 Å². The molecule has 1 heterocycles. The summed E-state index contributed by atoms with van der Waals surface area (Å²) in [7, 11) is 0. The molecule has 0 aliphatic carbocycles. The highest BCUT2D eigenvalue weighted by molar-refractivity contribution is 7.21. The standard InChI is InChI=1S/C26H21ClN2O4S/c27-24-19-11-5-7-13-21(19)34-25(24)26(32)28-15-23(31)33-16-22(30)29-20-12-6-4-10-18(20)14-17-8-2-1-3-9-17/h1-13H,14-16H2,(H,28,32)(H,29,30). The van der Waals surface area contributed by atoms with Gasteiger partial charge in [0.25, 0.3) is 11.8 Å². The van der Waals surface area contributed by atoms with Gasteiger partial charge in [-0.3, -0.25) is 14.4 Å². The van der Waals surface area contributed by atoms with Gasteiger partial charge in [-0.25, -0.2) is 0 Å². The zero-order valence-electron chi connectivity index (χ0n) is 18.0. The molecule has 4 rings (SSSR count). The summed E-state index contributed by atoms with van der Waals surface area (Å²) in [5, 5.41) is 6.40. The fourth-order valence-electron chi connectivity index (χ4n) is 3.39. The van der Waals surface area contributed by atoms with Crippen LogP contribution in [0.2, 0.25) is 5.02 Å². The van der Waals surface area contributed by atoms with Crippen molar-refractivity contribution in [3.63, 3.8) is 0 Å². The smallest absolute Gasteiger partial charge is 0.325 e. The Labute approximate surface area is 205 Å². The molecular formula is C26H21ClN2O4S. The van der Waals surface area contributed by atoms with Crippen molar-refractivity contribution in [2.75, 3.05) is 18.5 Å². The van der Waals surface area contributed by atoms with E-state index >= 15 is 0 Å². The minimum atomic E-state index is -0.724. The Bertz CT molecular complexity index is 1340. The van der Waals surface area contributed by atoms with Crippen LogP contribution in [0.5, 0.6) is 0 Å². The van der Waals surface area contributed by atoms with Gasteiger partial charge in [0.05, 0.1) is 5.02 Å². The Balaban J connectivity index is 1.27. The zero-order valence-corrected chi connectivity index (χ0v) is 19.6. The van der Waals surface area contributed by atoms with Gasteiger partial charge in [-0.05, 0) is 29.7 Å². The molecule has 3 aromatic carbocycles. The molecule has 0 unspecified atom stereocenters. The Kier molecular flexibility index (Phi) is 7.57. The first-order chi connectivity index (χ1) is 16.5. The lowest BCUT2D eigenvalue weighted by Gasteiger charge is -2.12. The molecule has 0 aliphatic rings. The second-order valence-corrected chi connectivity index (χ2v) is 8.88. The number of esters is 1. The van der Waals surface area contributed by atoms with Crippen molar-refractivity contribution in [1.82, 2.24) is 5.32 Å². The van der Waals surface area contributed by atoms with Gasteiger partial charge in [0.2, 0.25) is 0 Å². The van der Waals surface area contributed by atoms with Crippen molar-refractivity contribution < 1.29 is 19.1 Å². The van der Waals surface area contributed by atoms with Gasteiger partial charge < -0.3 is 15.4 Å². The minimum absolute atomic E-state index is 0.323. The molecule has 4 aromatic rings. The van der Waals surface area contributed by atoms with Crippen LogP contribution in [-0.4, -0.2) is 30.9 Å². The summed E-state index contributed by atoms with van der Waals surface area (Å²) in [5.41, 5.74) is 2.71. The maximum Gasteiger partial charge on any atom is 0.325 e. The van der Waals surface area contributed by atoms with Crippen LogP contribution < -0.4 is 10.6 Å². The van der Waals surface area contributed by atoms with Crippen LogP contribution in [0.4, 0.5) is 5.69 Å². The van der Waals surface area contributed by atoms with Crippen molar-refractivity contribution in [3.05, 3.63) is 99.9 Å². The van der Waals surface area contributed by atoms with E-state index in [0.717, 1.165) is 21.2 Å². The normalized spacial score (nSPS) is 10.6. The molecule has 0 saturated carbocycles. The number of hydrogen-bond acceptors (Lipinski definition) is 5. The van der Waals surface area contributed by atoms with Crippen molar-refractivity contribution in [2.24, 2.45) is 0 Å². The van der Waals surface area contributed by atoms with Gasteiger partial charge in [0.1, 0.15) is 11.4 Å². The van der Waals surface area contributed by atoms with E-state index in [1.807, 2.05) is 72.8 Å². The molecule has 0 saturated heterocycles. The topological polar surface area (TPSA) is 84.5 Å². The lowest BCUT2D eigenvalue weighted by atomic mass is 10.0. The third-order valence-electron chi connectivity index (χ3n) is 5.03. The number of carbonyl (C=O) groups excluding carboxylic acids is 3. The largest absolute Gasteiger partial charge is 0.454 e. The number of fused-ring (bicyclic) bond motifs is 1. The first-order valence-electron chi connectivity index (χ1n) is 10.5. The number of carbonyl (C=O) groups is 3. The van der Waals surface area contributed by atoms with Crippen molar-refractivity contribution in [2.45, 2.75) is 6.42 Å². The summed E-state index contributed by atoms with van der Waals surface area (Å²) >= 11 is 7.54. The van der Waals surface area contributed by atoms with Gasteiger partial charge in [0.15, 0.2) is 6.61 Å². The maximum absolute atomic E-state index is 12.4. The summed E-state index contributed by atoms with van der Waals surface area (Å²) in [4.78, 5) is 37.1. The van der Waals surface area contributed by atoms with E-state index in [-0.39, 0.29) is 6.54 Å². The zero-order chi connectivity index (χ0) is 23.9. The third-order valence-corrected chi connectivity index (χ3v) is 6.70. The van der Waals surface area contributed by atoms with Gasteiger partial charge in [0, 0.05) is 15.8 Å². The Morgan fingerprint density at radius 3 is 2.38 bits per heavy atom. The van der Waals surface area contributed by atoms with Gasteiger partial charge in [-0.1, -0.05) is 78.3 Å². The highest BCUT2D eigenvalue weighted by atomic mass is 35.5. The minimum Gasteiger partial charge on any atom is -0.454 e. The van der Waals surface area contributed by atoms with Crippen LogP contribution in [0, 0.1) is 0 Å². The van der Waals surface area contributed by atoms with Gasteiger partial charge in [-0.15, -0.1) is 11.3 Å². The van der Waals surface area contributed by atoms with E-state index in [9.17, 15) is 14.4 Å². The molecule has 0 spiro atoms. The Morgan fingerprint density at radius 2 is 1.59 bits per heavy atom. The summed E-state index contributed by atoms with van der Waals surface area (Å²) in [6.45, 7) is -0.834. The molecule has 6 nitrogen and oxygen atoms in total. The molecule has 0 aliphatic heterocycles. The summed E-state index contributed by atoms with van der Waals surface area (Å²) in [6, 6.07) is 24.8. The van der Waals surface area contributed by atoms with E-state index in [1.54, 1.807) is 6.07 Å². The molecule has 34 heavy (non-hydrogen) atoms. The Hall–Kier alpha value is -3.68. The van der Waals surface area contributed by atoms with Crippen LogP contribution in [0.25, 0.3) is 10.1 Å². The summed E-state index contributed by atoms with van der Waals surface area (Å²) in [6.07, 6.45) is 0.656. The number of anilines is 1. The molecule has 0 bridgehead atoms. The predicted octanol–water partition coefficient (Wildman–Crippen LogP) is 5.06. The number of rotatable bonds is 8. The van der Waals surface area contributed by atoms with E-state index in [4.69, 9.17) is 16.3 Å². The van der Waals surface area contributed by atoms with E-state index in [0.29, 0.717) is 22.0 Å². The van der Waals surface area contributed by atoms with Crippen LogP contribution in [0.3, 0.4) is 0 Å². The van der Waals surface area contributed by atoms with Crippen LogP contribution in [-0.2, 0) is 20.7 Å². The molecule has 2 amide bonds. The average molecular weight is 493 g/mol. The molecule has 2 N–H and O–H groups in total. The van der Waals surface area contributed by atoms with E-state index in [1.165, 1.54) is 11.3 Å². The number of nitrogens with one attached hydrogen (secondary N) is 2. The fourth-order valence-corrected chi connectivity index (χ4v) is 4.82. The molecular weight excluding hydrogens is 472 g/mol. The SMILES string of the molecule is O=C(COC(=O)CNC(=O)c1sc2ccccc2c1Cl)Nc1ccccc1Cc1ccccc1. The van der Waals surface area contributed by atoms with E-state index in [2.05, 4.69) is 10.6 Å². The maximum atomic E-state index is 12.4. The molecule has 172 valence electrons. The molecule has 1 aromatic heterocycles. The number of hydrogen-bond donors (Lipinski definition) is 2. The number of ether oxygens (including phenoxy) is 1. The van der Waals surface area contributed by atoms with Crippen molar-refractivity contribution in [3.8, 4) is 0 Å². The number of benzene rings is 3. The molecule has 8 heteroatoms. The first-order valence-corrected chi connectivity index (χ1v) is 11.7. The highest BCUT2D eigenvalue weighted by Gasteiger charge is 2.18. The van der Waals surface area contributed by atoms with Crippen molar-refractivity contribution in [1.29, 1.82) is 0 Å². The number of halogens is 1. The molecule has 0 radical (unpaired) electrons. The lowest BCUT2D eigenvalue weighted by molar-refractivity contribution is -0.146. The van der Waals surface area contributed by atoms with Gasteiger partial charge in [-0.2, -0.15) is 0 Å². The van der Waals surface area contributed by atoms with Crippen molar-refractivity contribution >= 4 is 56.5 Å². The van der Waals surface area contributed by atoms with Crippen LogP contribution >= 0.6 is 22.9 Å². The first kappa shape index (κ1) is 23.5. The molecule has 0 atom stereocenters. The second-order valence-electron chi connectivity index (χ2n) is 7.45. The quantitative estimate of drug-likeness (QED) is 0.337. The fraction of sp³-hybridized carbons (Fsp3) is 0.115. The number of thiophene rings is 1. The number of amides is 2.